The summed E-state index contributed by atoms with van der Waals surface area (Å²) in [7, 11) is 1.50. The second kappa shape index (κ2) is 10.3. The number of aliphatic hydroxyl groups excluding tert-OH is 1. The third-order valence-electron chi connectivity index (χ3n) is 7.79. The Morgan fingerprint density at radius 1 is 1.28 bits per heavy atom. The van der Waals surface area contributed by atoms with Gasteiger partial charge in [-0.3, -0.25) is 4.79 Å². The monoisotopic (exact) mass is 487 g/mol. The van der Waals surface area contributed by atoms with E-state index in [1.54, 1.807) is 0 Å². The average Bonchev–Trinajstić information content (AvgIpc) is 3.38. The molecule has 0 bridgehead atoms. The molecule has 1 amide bonds. The van der Waals surface area contributed by atoms with E-state index in [-0.39, 0.29) is 22.9 Å². The lowest BCUT2D eigenvalue weighted by atomic mass is 9.67. The Labute approximate surface area is 212 Å². The van der Waals surface area contributed by atoms with E-state index in [0.29, 0.717) is 31.4 Å². The number of anilines is 1. The topological polar surface area (TPSA) is 135 Å². The number of nitrogens with zero attached hydrogens (tertiary/aromatic N) is 3. The Balaban J connectivity index is 1.68. The zero-order valence-electron chi connectivity index (χ0n) is 21.1. The molecule has 3 N–H and O–H groups in total. The van der Waals surface area contributed by atoms with Crippen molar-refractivity contribution in [1.82, 2.24) is 9.97 Å². The summed E-state index contributed by atoms with van der Waals surface area (Å²) >= 11 is 0. The Morgan fingerprint density at radius 3 is 2.61 bits per heavy atom. The van der Waals surface area contributed by atoms with Crippen molar-refractivity contribution >= 4 is 17.2 Å². The van der Waals surface area contributed by atoms with E-state index in [1.165, 1.54) is 13.3 Å². The number of nitrogens with one attached hydrogen (secondary N) is 2. The van der Waals surface area contributed by atoms with Crippen LogP contribution in [0.2, 0.25) is 0 Å². The minimum Gasteiger partial charge on any atom is -0.368 e. The number of aromatic nitrogens is 2. The van der Waals surface area contributed by atoms with E-state index in [2.05, 4.69) is 47.3 Å². The molecule has 2 aromatic rings. The minimum atomic E-state index is -0.811. The van der Waals surface area contributed by atoms with Crippen molar-refractivity contribution in [2.24, 2.45) is 11.3 Å². The zero-order chi connectivity index (χ0) is 25.9. The smallest absolute Gasteiger partial charge is 0.291 e. The molecule has 8 heteroatoms. The molecule has 0 saturated heterocycles. The van der Waals surface area contributed by atoms with Gasteiger partial charge in [-0.2, -0.15) is 10.5 Å². The lowest BCUT2D eigenvalue weighted by Gasteiger charge is -2.37. The van der Waals surface area contributed by atoms with Gasteiger partial charge in [-0.1, -0.05) is 26.0 Å². The first-order valence-electron chi connectivity index (χ1n) is 12.4. The van der Waals surface area contributed by atoms with Crippen LogP contribution in [0.3, 0.4) is 0 Å². The number of rotatable bonds is 6. The lowest BCUT2D eigenvalue weighted by Crippen LogP contribution is -2.35. The Kier molecular flexibility index (Phi) is 7.31. The number of aromatic amines is 1. The molecule has 36 heavy (non-hydrogen) atoms. The highest BCUT2D eigenvalue weighted by atomic mass is 16.6. The van der Waals surface area contributed by atoms with Crippen LogP contribution in [0.25, 0.3) is 5.57 Å². The predicted molar refractivity (Wildman–Crippen MR) is 136 cm³/mol. The Bertz CT molecular complexity index is 1240. The molecule has 2 aliphatic carbocycles. The fourth-order valence-electron chi connectivity index (χ4n) is 5.29. The number of ether oxygens (including phenoxy) is 1. The molecule has 8 nitrogen and oxygen atoms in total. The van der Waals surface area contributed by atoms with Gasteiger partial charge in [0.15, 0.2) is 12.1 Å². The number of carbonyl (C=O) groups excluding carboxylic acids is 1. The Morgan fingerprint density at radius 2 is 2.03 bits per heavy atom. The standard InChI is InChI=1S/C28H33N5O3/c1-27(2)10-6-18(7-11-27)22-14-20(28(17-30)12-8-19(9-13-28)26(35)36-3)4-5-23(22)33-25(34)24-31-16-21(15-29)32-24/h4-6,14,16,19,26,35H,7-13H2,1-3H3,(H,31,32)(H,33,34). The van der Waals surface area contributed by atoms with Crippen molar-refractivity contribution in [2.75, 3.05) is 12.4 Å². The summed E-state index contributed by atoms with van der Waals surface area (Å²) in [6.07, 6.45) is 8.27. The second-order valence-electron chi connectivity index (χ2n) is 10.7. The van der Waals surface area contributed by atoms with Crippen molar-refractivity contribution in [2.45, 2.75) is 70.5 Å². The molecule has 0 aliphatic heterocycles. The van der Waals surface area contributed by atoms with Crippen molar-refractivity contribution in [3.8, 4) is 12.1 Å². The van der Waals surface area contributed by atoms with Crippen molar-refractivity contribution < 1.29 is 14.6 Å². The van der Waals surface area contributed by atoms with E-state index < -0.39 is 17.6 Å². The number of nitriles is 2. The van der Waals surface area contributed by atoms with Crippen LogP contribution in [0.15, 0.2) is 30.5 Å². The molecule has 0 spiro atoms. The molecule has 4 rings (SSSR count). The number of methoxy groups -OCH3 is 1. The normalized spacial score (nSPS) is 24.2. The van der Waals surface area contributed by atoms with Crippen LogP contribution < -0.4 is 5.32 Å². The molecule has 2 aliphatic rings. The summed E-state index contributed by atoms with van der Waals surface area (Å²) in [5, 5.41) is 32.4. The molecule has 1 atom stereocenters. The number of hydrogen-bond donors (Lipinski definition) is 3. The van der Waals surface area contributed by atoms with Crippen LogP contribution in [-0.4, -0.2) is 34.4 Å². The molecule has 0 radical (unpaired) electrons. The highest BCUT2D eigenvalue weighted by molar-refractivity contribution is 6.03. The van der Waals surface area contributed by atoms with Crippen molar-refractivity contribution in [1.29, 1.82) is 10.5 Å². The molecule has 1 fully saturated rings. The number of aliphatic hydroxyl groups is 1. The summed E-state index contributed by atoms with van der Waals surface area (Å²) < 4.78 is 5.11. The summed E-state index contributed by atoms with van der Waals surface area (Å²) in [6.45, 7) is 4.50. The van der Waals surface area contributed by atoms with Gasteiger partial charge in [-0.25, -0.2) is 4.98 Å². The number of amides is 1. The maximum atomic E-state index is 12.9. The highest BCUT2D eigenvalue weighted by Crippen LogP contribution is 2.45. The number of imidazole rings is 1. The molecule has 1 aromatic heterocycles. The first-order valence-corrected chi connectivity index (χ1v) is 12.4. The third kappa shape index (κ3) is 5.21. The highest BCUT2D eigenvalue weighted by Gasteiger charge is 2.39. The maximum Gasteiger partial charge on any atom is 0.291 e. The van der Waals surface area contributed by atoms with Gasteiger partial charge in [0.05, 0.1) is 17.7 Å². The van der Waals surface area contributed by atoms with E-state index in [1.807, 2.05) is 18.2 Å². The summed E-state index contributed by atoms with van der Waals surface area (Å²) in [5.41, 5.74) is 3.44. The van der Waals surface area contributed by atoms with E-state index in [0.717, 1.165) is 36.0 Å². The molecule has 1 unspecified atom stereocenters. The summed E-state index contributed by atoms with van der Waals surface area (Å²) in [4.78, 5) is 19.6. The fourth-order valence-corrected chi connectivity index (χ4v) is 5.29. The summed E-state index contributed by atoms with van der Waals surface area (Å²) in [6, 6.07) is 10.4. The number of allylic oxidation sites excluding steroid dienone is 2. The predicted octanol–water partition coefficient (Wildman–Crippen LogP) is 5.04. The molecule has 1 saturated carbocycles. The van der Waals surface area contributed by atoms with Gasteiger partial charge >= 0.3 is 0 Å². The maximum absolute atomic E-state index is 12.9. The number of carbonyl (C=O) groups is 1. The molecular weight excluding hydrogens is 454 g/mol. The van der Waals surface area contributed by atoms with Crippen LogP contribution in [0.1, 0.15) is 86.2 Å². The van der Waals surface area contributed by atoms with Gasteiger partial charge in [0, 0.05) is 24.3 Å². The van der Waals surface area contributed by atoms with Gasteiger partial charge < -0.3 is 20.1 Å². The van der Waals surface area contributed by atoms with Crippen molar-refractivity contribution in [3.05, 3.63) is 53.1 Å². The molecule has 1 heterocycles. The fraction of sp³-hybridized carbons (Fsp3) is 0.500. The minimum absolute atomic E-state index is 0.0180. The van der Waals surface area contributed by atoms with E-state index in [9.17, 15) is 15.2 Å². The number of H-pyrrole nitrogens is 1. The van der Waals surface area contributed by atoms with Gasteiger partial charge in [-0.15, -0.1) is 0 Å². The van der Waals surface area contributed by atoms with Crippen LogP contribution in [0.4, 0.5) is 5.69 Å². The van der Waals surface area contributed by atoms with Crippen LogP contribution in [0.5, 0.6) is 0 Å². The quantitative estimate of drug-likeness (QED) is 0.488. The molecular formula is C28H33N5O3. The molecule has 188 valence electrons. The van der Waals surface area contributed by atoms with Gasteiger partial charge in [0.1, 0.15) is 11.8 Å². The summed E-state index contributed by atoms with van der Waals surface area (Å²) in [5.74, 6) is -0.334. The Hall–Kier alpha value is -3.46. The van der Waals surface area contributed by atoms with Crippen LogP contribution >= 0.6 is 0 Å². The van der Waals surface area contributed by atoms with Gasteiger partial charge in [0.2, 0.25) is 0 Å². The van der Waals surface area contributed by atoms with Crippen LogP contribution in [0, 0.1) is 34.0 Å². The van der Waals surface area contributed by atoms with Crippen LogP contribution in [-0.2, 0) is 10.2 Å². The van der Waals surface area contributed by atoms with Crippen molar-refractivity contribution in [3.63, 3.8) is 0 Å². The lowest BCUT2D eigenvalue weighted by molar-refractivity contribution is -0.122. The van der Waals surface area contributed by atoms with Gasteiger partial charge in [0.25, 0.3) is 5.91 Å². The van der Waals surface area contributed by atoms with E-state index >= 15 is 0 Å². The first kappa shape index (κ1) is 25.6. The number of hydrogen-bond acceptors (Lipinski definition) is 6. The average molecular weight is 488 g/mol. The van der Waals surface area contributed by atoms with E-state index in [4.69, 9.17) is 10.00 Å². The first-order chi connectivity index (χ1) is 17.2. The van der Waals surface area contributed by atoms with Gasteiger partial charge in [-0.05, 0) is 73.6 Å². The third-order valence-corrected chi connectivity index (χ3v) is 7.79. The SMILES string of the molecule is COC(O)C1CCC(C#N)(c2ccc(NC(=O)c3ncc(C#N)[nH]3)c(C3=CCC(C)(C)CC3)c2)CC1. The second-order valence-corrected chi connectivity index (χ2v) is 10.7. The molecule has 1 aromatic carbocycles. The number of benzene rings is 1. The zero-order valence-corrected chi connectivity index (χ0v) is 21.1. The largest absolute Gasteiger partial charge is 0.368 e.